The van der Waals surface area contributed by atoms with Crippen LogP contribution in [0, 0.1) is 5.41 Å². The van der Waals surface area contributed by atoms with Crippen molar-refractivity contribution in [1.29, 1.82) is 0 Å². The Kier molecular flexibility index (Phi) is 4.01. The van der Waals surface area contributed by atoms with Gasteiger partial charge < -0.3 is 10.6 Å². The van der Waals surface area contributed by atoms with Crippen LogP contribution in [0.4, 0.5) is 0 Å². The number of nitrogens with zero attached hydrogens (tertiary/aromatic N) is 1. The largest absolute Gasteiger partial charge is 0.323 e. The topological polar surface area (TPSA) is 29.3 Å². The van der Waals surface area contributed by atoms with E-state index >= 15 is 0 Å². The number of likely N-dealkylation sites (tertiary alicyclic amines) is 1. The molecule has 21 heavy (non-hydrogen) atoms. The zero-order valence-corrected chi connectivity index (χ0v) is 13.2. The molecule has 2 heteroatoms. The van der Waals surface area contributed by atoms with Crippen LogP contribution >= 0.6 is 0 Å². The molecule has 3 rings (SSSR count). The van der Waals surface area contributed by atoms with Crippen LogP contribution in [0.1, 0.15) is 38.3 Å². The third-order valence-electron chi connectivity index (χ3n) is 4.66. The van der Waals surface area contributed by atoms with Gasteiger partial charge in [0.05, 0.1) is 0 Å². The molecule has 0 aliphatic carbocycles. The van der Waals surface area contributed by atoms with Crippen LogP contribution < -0.4 is 5.73 Å². The number of fused-ring (bicyclic) bond motifs is 1. The molecule has 1 unspecified atom stereocenters. The Hall–Kier alpha value is -1.38. The predicted octanol–water partition coefficient (Wildman–Crippen LogP) is 3.96. The van der Waals surface area contributed by atoms with Crippen molar-refractivity contribution in [3.05, 3.63) is 48.0 Å². The predicted molar refractivity (Wildman–Crippen MR) is 90.3 cm³/mol. The van der Waals surface area contributed by atoms with Gasteiger partial charge in [-0.3, -0.25) is 0 Å². The Morgan fingerprint density at radius 1 is 1.14 bits per heavy atom. The van der Waals surface area contributed by atoms with Crippen molar-refractivity contribution >= 4 is 10.8 Å². The highest BCUT2D eigenvalue weighted by molar-refractivity contribution is 5.86. The molecule has 0 saturated carbocycles. The summed E-state index contributed by atoms with van der Waals surface area (Å²) in [5.41, 5.74) is 8.24. The lowest BCUT2D eigenvalue weighted by molar-refractivity contribution is 0.112. The summed E-state index contributed by atoms with van der Waals surface area (Å²) in [7, 11) is 0. The highest BCUT2D eigenvalue weighted by Crippen LogP contribution is 2.30. The van der Waals surface area contributed by atoms with E-state index in [1.165, 1.54) is 35.7 Å². The second-order valence-corrected chi connectivity index (χ2v) is 7.18. The lowest BCUT2D eigenvalue weighted by atomic mass is 9.84. The first-order chi connectivity index (χ1) is 10.1. The Morgan fingerprint density at radius 2 is 1.90 bits per heavy atom. The minimum atomic E-state index is 0.0880. The Labute approximate surface area is 127 Å². The van der Waals surface area contributed by atoms with Crippen molar-refractivity contribution in [2.24, 2.45) is 11.1 Å². The highest BCUT2D eigenvalue weighted by atomic mass is 15.1. The number of hydrogen-bond donors (Lipinski definition) is 1. The van der Waals surface area contributed by atoms with Gasteiger partial charge in [-0.15, -0.1) is 0 Å². The van der Waals surface area contributed by atoms with E-state index in [4.69, 9.17) is 5.73 Å². The SMILES string of the molecule is CC1(C)CCCN(CC(N)c2cccc3ccccc23)C1. The smallest absolute Gasteiger partial charge is 0.0430 e. The van der Waals surface area contributed by atoms with Gasteiger partial charge in [0.1, 0.15) is 0 Å². The number of benzene rings is 2. The maximum absolute atomic E-state index is 6.54. The second kappa shape index (κ2) is 5.78. The van der Waals surface area contributed by atoms with Crippen molar-refractivity contribution in [3.8, 4) is 0 Å². The van der Waals surface area contributed by atoms with Crippen LogP contribution in [0.15, 0.2) is 42.5 Å². The molecule has 1 atom stereocenters. The van der Waals surface area contributed by atoms with Gasteiger partial charge in [0.15, 0.2) is 0 Å². The molecular formula is C19H26N2. The van der Waals surface area contributed by atoms with Crippen LogP contribution in [-0.2, 0) is 0 Å². The van der Waals surface area contributed by atoms with Crippen LogP contribution in [0.2, 0.25) is 0 Å². The Bertz CT molecular complexity index is 612. The number of hydrogen-bond acceptors (Lipinski definition) is 2. The summed E-state index contributed by atoms with van der Waals surface area (Å²) in [5.74, 6) is 0. The highest BCUT2D eigenvalue weighted by Gasteiger charge is 2.27. The van der Waals surface area contributed by atoms with Gasteiger partial charge in [0.2, 0.25) is 0 Å². The van der Waals surface area contributed by atoms with E-state index in [0.717, 1.165) is 13.1 Å². The molecule has 2 aromatic rings. The maximum Gasteiger partial charge on any atom is 0.0430 e. The van der Waals surface area contributed by atoms with Gasteiger partial charge in [-0.05, 0) is 41.1 Å². The van der Waals surface area contributed by atoms with Crippen molar-refractivity contribution in [3.63, 3.8) is 0 Å². The van der Waals surface area contributed by atoms with Crippen molar-refractivity contribution in [2.75, 3.05) is 19.6 Å². The summed E-state index contributed by atoms with van der Waals surface area (Å²) in [4.78, 5) is 2.54. The molecule has 1 aliphatic rings. The molecule has 0 radical (unpaired) electrons. The first-order valence-electron chi connectivity index (χ1n) is 8.01. The quantitative estimate of drug-likeness (QED) is 0.923. The summed E-state index contributed by atoms with van der Waals surface area (Å²) < 4.78 is 0. The molecule has 2 aromatic carbocycles. The molecule has 0 amide bonds. The average Bonchev–Trinajstić information content (AvgIpc) is 2.45. The Morgan fingerprint density at radius 3 is 2.71 bits per heavy atom. The van der Waals surface area contributed by atoms with E-state index in [1.54, 1.807) is 0 Å². The molecule has 0 spiro atoms. The maximum atomic E-state index is 6.54. The van der Waals surface area contributed by atoms with Crippen molar-refractivity contribution in [2.45, 2.75) is 32.7 Å². The van der Waals surface area contributed by atoms with Crippen LogP contribution in [0.5, 0.6) is 0 Å². The fourth-order valence-corrected chi connectivity index (χ4v) is 3.65. The molecule has 1 aliphatic heterocycles. The fourth-order valence-electron chi connectivity index (χ4n) is 3.65. The number of piperidine rings is 1. The zero-order valence-electron chi connectivity index (χ0n) is 13.2. The minimum absolute atomic E-state index is 0.0880. The standard InChI is InChI=1S/C19H26N2/c1-19(2)11-6-12-21(14-19)13-18(20)17-10-5-8-15-7-3-4-9-16(15)17/h3-5,7-10,18H,6,11-14,20H2,1-2H3. The number of nitrogens with two attached hydrogens (primary N) is 1. The second-order valence-electron chi connectivity index (χ2n) is 7.18. The van der Waals surface area contributed by atoms with Gasteiger partial charge in [-0.25, -0.2) is 0 Å². The van der Waals surface area contributed by atoms with E-state index in [1.807, 2.05) is 0 Å². The van der Waals surface area contributed by atoms with E-state index in [9.17, 15) is 0 Å². The molecule has 1 heterocycles. The summed E-state index contributed by atoms with van der Waals surface area (Å²) in [5, 5.41) is 2.58. The first kappa shape index (κ1) is 14.6. The van der Waals surface area contributed by atoms with Gasteiger partial charge in [-0.1, -0.05) is 56.3 Å². The van der Waals surface area contributed by atoms with Gasteiger partial charge >= 0.3 is 0 Å². The van der Waals surface area contributed by atoms with Gasteiger partial charge in [0.25, 0.3) is 0 Å². The molecule has 0 aromatic heterocycles. The monoisotopic (exact) mass is 282 g/mol. The summed E-state index contributed by atoms with van der Waals surface area (Å²) in [6, 6.07) is 15.1. The van der Waals surface area contributed by atoms with Crippen LogP contribution in [0.25, 0.3) is 10.8 Å². The van der Waals surface area contributed by atoms with Crippen LogP contribution in [-0.4, -0.2) is 24.5 Å². The summed E-state index contributed by atoms with van der Waals surface area (Å²) >= 11 is 0. The molecule has 1 saturated heterocycles. The van der Waals surface area contributed by atoms with E-state index in [2.05, 4.69) is 61.2 Å². The fraction of sp³-hybridized carbons (Fsp3) is 0.474. The first-order valence-corrected chi connectivity index (χ1v) is 8.01. The third kappa shape index (κ3) is 3.28. The van der Waals surface area contributed by atoms with Crippen LogP contribution in [0.3, 0.4) is 0 Å². The van der Waals surface area contributed by atoms with Crippen molar-refractivity contribution < 1.29 is 0 Å². The minimum Gasteiger partial charge on any atom is -0.323 e. The third-order valence-corrected chi connectivity index (χ3v) is 4.66. The van der Waals surface area contributed by atoms with Gasteiger partial charge in [0, 0.05) is 19.1 Å². The molecule has 2 N–H and O–H groups in total. The average molecular weight is 282 g/mol. The van der Waals surface area contributed by atoms with E-state index in [0.29, 0.717) is 5.41 Å². The normalized spacial score (nSPS) is 20.5. The number of rotatable bonds is 3. The van der Waals surface area contributed by atoms with Crippen molar-refractivity contribution in [1.82, 2.24) is 4.90 Å². The molecule has 1 fully saturated rings. The van der Waals surface area contributed by atoms with E-state index < -0.39 is 0 Å². The molecule has 2 nitrogen and oxygen atoms in total. The molecular weight excluding hydrogens is 256 g/mol. The summed E-state index contributed by atoms with van der Waals surface area (Å²) in [6.07, 6.45) is 2.61. The molecule has 0 bridgehead atoms. The zero-order chi connectivity index (χ0) is 14.9. The summed E-state index contributed by atoms with van der Waals surface area (Å²) in [6.45, 7) is 8.02. The lowest BCUT2D eigenvalue weighted by Gasteiger charge is -2.39. The van der Waals surface area contributed by atoms with E-state index in [-0.39, 0.29) is 6.04 Å². The Balaban J connectivity index is 1.79. The molecule has 112 valence electrons. The lowest BCUT2D eigenvalue weighted by Crippen LogP contribution is -2.43. The van der Waals surface area contributed by atoms with Gasteiger partial charge in [-0.2, -0.15) is 0 Å².